The van der Waals surface area contributed by atoms with Gasteiger partial charge < -0.3 is 20.7 Å². The summed E-state index contributed by atoms with van der Waals surface area (Å²) in [6.45, 7) is 8.50. The van der Waals surface area contributed by atoms with Gasteiger partial charge in [-0.3, -0.25) is 14.5 Å². The Hall–Kier alpha value is -3.03. The zero-order valence-corrected chi connectivity index (χ0v) is 18.7. The average Bonchev–Trinajstić information content (AvgIpc) is 3.07. The number of nitrogens with one attached hydrogen (secondary N) is 1. The van der Waals surface area contributed by atoms with Crippen molar-refractivity contribution in [2.24, 2.45) is 17.8 Å². The Labute approximate surface area is 179 Å². The number of primary amides is 1. The molecule has 0 aliphatic heterocycles. The lowest BCUT2D eigenvalue weighted by atomic mass is 10.1. The van der Waals surface area contributed by atoms with E-state index in [0.717, 1.165) is 36.7 Å². The number of carbonyl (C=O) groups is 1. The minimum atomic E-state index is -0.486. The predicted molar refractivity (Wildman–Crippen MR) is 120 cm³/mol. The van der Waals surface area contributed by atoms with Crippen LogP contribution in [0.5, 0.6) is 5.75 Å². The summed E-state index contributed by atoms with van der Waals surface area (Å²) in [5.74, 6) is 1.40. The Balaban J connectivity index is 1.97. The lowest BCUT2D eigenvalue weighted by Gasteiger charge is -2.22. The molecule has 1 aromatic heterocycles. The number of nitrogens with zero attached hydrogens (tertiary/aromatic N) is 4. The van der Waals surface area contributed by atoms with Gasteiger partial charge in [0.15, 0.2) is 12.6 Å². The molecular weight excluding hydrogens is 380 g/mol. The van der Waals surface area contributed by atoms with Crippen molar-refractivity contribution < 1.29 is 9.53 Å². The number of nitrogens with two attached hydrogens (primary N) is 1. The Morgan fingerprint density at radius 3 is 2.63 bits per heavy atom. The van der Waals surface area contributed by atoms with Gasteiger partial charge in [-0.2, -0.15) is 5.10 Å². The highest BCUT2D eigenvalue weighted by atomic mass is 16.5. The molecule has 30 heavy (non-hydrogen) atoms. The molecule has 2 aromatic rings. The van der Waals surface area contributed by atoms with Crippen LogP contribution in [0.4, 0.5) is 0 Å². The van der Waals surface area contributed by atoms with Crippen LogP contribution >= 0.6 is 0 Å². The fraction of sp³-hybridized carbons (Fsp3) is 0.500. The molecule has 0 aliphatic carbocycles. The van der Waals surface area contributed by atoms with Gasteiger partial charge in [0.1, 0.15) is 5.75 Å². The second kappa shape index (κ2) is 11.2. The predicted octanol–water partition coefficient (Wildman–Crippen LogP) is 2.05. The topological polar surface area (TPSA) is 97.8 Å². The standard InChI is InChI=1S/C22H34N6O2/c1-6-24-22(27(4)13-18-14-28(5)26-21(18)16(2)3)25-12-11-17-7-9-19(10-8-17)30-15-20(23)29/h7-10,14,16H,6,11-13,15H2,1-5H3,(H2,23,29)(H,24,25). The number of carbonyl (C=O) groups excluding carboxylic acids is 1. The van der Waals surface area contributed by atoms with E-state index < -0.39 is 5.91 Å². The number of ether oxygens (including phenoxy) is 1. The summed E-state index contributed by atoms with van der Waals surface area (Å²) in [4.78, 5) is 17.7. The molecule has 0 bridgehead atoms. The highest BCUT2D eigenvalue weighted by Gasteiger charge is 2.15. The van der Waals surface area contributed by atoms with E-state index in [2.05, 4.69) is 42.3 Å². The number of aromatic nitrogens is 2. The van der Waals surface area contributed by atoms with Crippen LogP contribution in [0, 0.1) is 0 Å². The minimum absolute atomic E-state index is 0.114. The Bertz CT molecular complexity index is 842. The molecule has 0 saturated carbocycles. The van der Waals surface area contributed by atoms with Crippen LogP contribution in [0.2, 0.25) is 0 Å². The van der Waals surface area contributed by atoms with Gasteiger partial charge in [0.05, 0.1) is 5.69 Å². The molecule has 1 heterocycles. The number of rotatable bonds is 10. The maximum Gasteiger partial charge on any atom is 0.255 e. The number of amides is 1. The quantitative estimate of drug-likeness (QED) is 0.458. The molecule has 0 atom stereocenters. The second-order valence-electron chi connectivity index (χ2n) is 7.61. The summed E-state index contributed by atoms with van der Waals surface area (Å²) in [6.07, 6.45) is 2.89. The second-order valence-corrected chi connectivity index (χ2v) is 7.61. The van der Waals surface area contributed by atoms with E-state index in [-0.39, 0.29) is 6.61 Å². The third-order valence-electron chi connectivity index (χ3n) is 4.55. The van der Waals surface area contributed by atoms with Gasteiger partial charge in [-0.05, 0) is 37.0 Å². The van der Waals surface area contributed by atoms with Crippen LogP contribution in [0.3, 0.4) is 0 Å². The number of aryl methyl sites for hydroxylation is 1. The van der Waals surface area contributed by atoms with Gasteiger partial charge >= 0.3 is 0 Å². The summed E-state index contributed by atoms with van der Waals surface area (Å²) in [5.41, 5.74) is 8.58. The van der Waals surface area contributed by atoms with Gasteiger partial charge in [-0.1, -0.05) is 26.0 Å². The third kappa shape index (κ3) is 7.09. The number of hydrogen-bond donors (Lipinski definition) is 2. The zero-order valence-electron chi connectivity index (χ0n) is 18.7. The summed E-state index contributed by atoms with van der Waals surface area (Å²) in [7, 11) is 4.00. The van der Waals surface area contributed by atoms with Crippen LogP contribution in [0.25, 0.3) is 0 Å². The molecule has 1 amide bonds. The highest BCUT2D eigenvalue weighted by molar-refractivity contribution is 5.79. The summed E-state index contributed by atoms with van der Waals surface area (Å²) in [5, 5.41) is 7.96. The first kappa shape index (κ1) is 23.3. The zero-order chi connectivity index (χ0) is 22.1. The van der Waals surface area contributed by atoms with Crippen molar-refractivity contribution in [1.82, 2.24) is 20.0 Å². The molecule has 0 saturated heterocycles. The normalized spacial score (nSPS) is 11.6. The maximum absolute atomic E-state index is 10.8. The van der Waals surface area contributed by atoms with Crippen molar-refractivity contribution in [3.63, 3.8) is 0 Å². The van der Waals surface area contributed by atoms with E-state index in [1.54, 1.807) is 0 Å². The number of aliphatic imine (C=N–C) groups is 1. The van der Waals surface area contributed by atoms with Crippen LogP contribution in [0.1, 0.15) is 43.5 Å². The lowest BCUT2D eigenvalue weighted by Crippen LogP contribution is -2.38. The fourth-order valence-electron chi connectivity index (χ4n) is 3.16. The van der Waals surface area contributed by atoms with Crippen LogP contribution in [-0.4, -0.2) is 53.3 Å². The number of hydrogen-bond acceptors (Lipinski definition) is 4. The van der Waals surface area contributed by atoms with Crippen molar-refractivity contribution >= 4 is 11.9 Å². The van der Waals surface area contributed by atoms with E-state index >= 15 is 0 Å². The first-order valence-electron chi connectivity index (χ1n) is 10.3. The molecule has 0 spiro atoms. The first-order chi connectivity index (χ1) is 14.3. The molecule has 1 aromatic carbocycles. The fourth-order valence-corrected chi connectivity index (χ4v) is 3.16. The van der Waals surface area contributed by atoms with Crippen LogP contribution < -0.4 is 15.8 Å². The van der Waals surface area contributed by atoms with E-state index in [1.165, 1.54) is 5.56 Å². The van der Waals surface area contributed by atoms with Gasteiger partial charge in [-0.25, -0.2) is 0 Å². The molecule has 2 rings (SSSR count). The average molecular weight is 415 g/mol. The van der Waals surface area contributed by atoms with Crippen molar-refractivity contribution in [3.8, 4) is 5.75 Å². The molecule has 8 nitrogen and oxygen atoms in total. The molecule has 0 radical (unpaired) electrons. The Morgan fingerprint density at radius 1 is 1.33 bits per heavy atom. The van der Waals surface area contributed by atoms with Gasteiger partial charge in [0.25, 0.3) is 5.91 Å². The van der Waals surface area contributed by atoms with Crippen molar-refractivity contribution in [3.05, 3.63) is 47.3 Å². The summed E-state index contributed by atoms with van der Waals surface area (Å²) in [6, 6.07) is 7.64. The molecule has 8 heteroatoms. The molecule has 0 fully saturated rings. The first-order valence-corrected chi connectivity index (χ1v) is 10.3. The number of guanidine groups is 1. The van der Waals surface area contributed by atoms with Gasteiger partial charge in [-0.15, -0.1) is 0 Å². The van der Waals surface area contributed by atoms with Crippen LogP contribution in [-0.2, 0) is 24.8 Å². The molecule has 3 N–H and O–H groups in total. The van der Waals surface area contributed by atoms with Crippen LogP contribution in [0.15, 0.2) is 35.5 Å². The van der Waals surface area contributed by atoms with E-state index in [9.17, 15) is 4.79 Å². The monoisotopic (exact) mass is 414 g/mol. The molecular formula is C22H34N6O2. The highest BCUT2D eigenvalue weighted by Crippen LogP contribution is 2.18. The molecule has 0 aliphatic rings. The Morgan fingerprint density at radius 2 is 2.03 bits per heavy atom. The van der Waals surface area contributed by atoms with Gasteiger partial charge in [0.2, 0.25) is 0 Å². The largest absolute Gasteiger partial charge is 0.484 e. The van der Waals surface area contributed by atoms with Crippen molar-refractivity contribution in [2.75, 3.05) is 26.7 Å². The Kier molecular flexibility index (Phi) is 8.70. The smallest absolute Gasteiger partial charge is 0.255 e. The van der Waals surface area contributed by atoms with Gasteiger partial charge in [0, 0.05) is 45.5 Å². The maximum atomic E-state index is 10.8. The van der Waals surface area contributed by atoms with E-state index in [4.69, 9.17) is 15.5 Å². The SMILES string of the molecule is CCNC(=NCCc1ccc(OCC(N)=O)cc1)N(C)Cc1cn(C)nc1C(C)C. The summed E-state index contributed by atoms with van der Waals surface area (Å²) >= 11 is 0. The minimum Gasteiger partial charge on any atom is -0.484 e. The molecule has 164 valence electrons. The third-order valence-corrected chi connectivity index (χ3v) is 4.55. The van der Waals surface area contributed by atoms with Crippen molar-refractivity contribution in [1.29, 1.82) is 0 Å². The van der Waals surface area contributed by atoms with E-state index in [1.807, 2.05) is 43.0 Å². The lowest BCUT2D eigenvalue weighted by molar-refractivity contribution is -0.119. The summed E-state index contributed by atoms with van der Waals surface area (Å²) < 4.78 is 7.16. The van der Waals surface area contributed by atoms with Crippen molar-refractivity contribution in [2.45, 2.75) is 39.7 Å². The van der Waals surface area contributed by atoms with E-state index in [0.29, 0.717) is 18.2 Å². The molecule has 0 unspecified atom stereocenters. The number of benzene rings is 1.